The molecular formula is C6H9ClN2O3S. The molecule has 1 aromatic rings. The molecule has 3 N–H and O–H groups in total. The van der Waals surface area contributed by atoms with Gasteiger partial charge in [-0.25, -0.2) is 13.4 Å². The SMILES string of the molecule is CS(=O)(=O)[O-].Nc1[nH+]cccc1Cl. The molecule has 1 rings (SSSR count). The zero-order chi connectivity index (χ0) is 10.5. The van der Waals surface area contributed by atoms with Gasteiger partial charge in [0.25, 0.3) is 5.82 Å². The molecule has 7 heteroatoms. The van der Waals surface area contributed by atoms with E-state index in [-0.39, 0.29) is 0 Å². The van der Waals surface area contributed by atoms with E-state index in [2.05, 4.69) is 4.98 Å². The van der Waals surface area contributed by atoms with Crippen molar-refractivity contribution in [3.8, 4) is 0 Å². The molecule has 74 valence electrons. The maximum Gasteiger partial charge on any atom is 0.289 e. The Labute approximate surface area is 81.3 Å². The van der Waals surface area contributed by atoms with Crippen LogP contribution in [0.3, 0.4) is 0 Å². The quantitative estimate of drug-likeness (QED) is 0.622. The van der Waals surface area contributed by atoms with Crippen LogP contribution in [0.25, 0.3) is 0 Å². The van der Waals surface area contributed by atoms with Crippen molar-refractivity contribution in [3.05, 3.63) is 23.4 Å². The summed E-state index contributed by atoms with van der Waals surface area (Å²) in [5, 5.41) is 0.563. The third-order valence-corrected chi connectivity index (χ3v) is 1.16. The molecule has 1 heterocycles. The lowest BCUT2D eigenvalue weighted by Gasteiger charge is -1.90. The number of H-pyrrole nitrogens is 1. The van der Waals surface area contributed by atoms with Gasteiger partial charge in [-0.05, 0) is 12.1 Å². The average molecular weight is 225 g/mol. The molecule has 0 unspecified atom stereocenters. The lowest BCUT2D eigenvalue weighted by atomic mass is 10.5. The summed E-state index contributed by atoms with van der Waals surface area (Å²) < 4.78 is 27.2. The first-order chi connectivity index (χ1) is 5.80. The number of nitrogens with two attached hydrogens (primary N) is 1. The number of hydrogen-bond acceptors (Lipinski definition) is 4. The predicted molar refractivity (Wildman–Crippen MR) is 48.0 cm³/mol. The van der Waals surface area contributed by atoms with Crippen molar-refractivity contribution in [2.24, 2.45) is 0 Å². The molecule has 0 bridgehead atoms. The molecule has 0 fully saturated rings. The van der Waals surface area contributed by atoms with E-state index < -0.39 is 10.1 Å². The molecule has 0 radical (unpaired) electrons. The number of halogens is 1. The Morgan fingerprint density at radius 1 is 1.62 bits per heavy atom. The van der Waals surface area contributed by atoms with Gasteiger partial charge in [0, 0.05) is 6.26 Å². The van der Waals surface area contributed by atoms with Crippen molar-refractivity contribution in [2.75, 3.05) is 12.0 Å². The fourth-order valence-electron chi connectivity index (χ4n) is 0.429. The maximum atomic E-state index is 9.08. The molecule has 0 aliphatic carbocycles. The normalized spacial score (nSPS) is 10.1. The topological polar surface area (TPSA) is 97.4 Å². The molecule has 0 spiro atoms. The van der Waals surface area contributed by atoms with Gasteiger partial charge in [0.05, 0.1) is 16.3 Å². The van der Waals surface area contributed by atoms with Gasteiger partial charge in [-0.3, -0.25) is 5.73 Å². The second-order valence-electron chi connectivity index (χ2n) is 2.14. The van der Waals surface area contributed by atoms with Gasteiger partial charge in [-0.15, -0.1) is 0 Å². The third-order valence-electron chi connectivity index (χ3n) is 0.835. The molecule has 1 aromatic heterocycles. The summed E-state index contributed by atoms with van der Waals surface area (Å²) in [4.78, 5) is 2.75. The van der Waals surface area contributed by atoms with Crippen molar-refractivity contribution >= 4 is 27.5 Å². The first kappa shape index (κ1) is 12.2. The van der Waals surface area contributed by atoms with E-state index in [1.807, 2.05) is 0 Å². The second kappa shape index (κ2) is 5.00. The maximum absolute atomic E-state index is 9.08. The van der Waals surface area contributed by atoms with Crippen molar-refractivity contribution in [3.63, 3.8) is 0 Å². The molecule has 0 aliphatic rings. The molecule has 0 amide bonds. The Hall–Kier alpha value is -0.850. The highest BCUT2D eigenvalue weighted by atomic mass is 35.5. The Morgan fingerprint density at radius 3 is 2.31 bits per heavy atom. The Morgan fingerprint density at radius 2 is 2.08 bits per heavy atom. The van der Waals surface area contributed by atoms with Crippen molar-refractivity contribution in [1.29, 1.82) is 0 Å². The largest absolute Gasteiger partial charge is 0.748 e. The highest BCUT2D eigenvalue weighted by Gasteiger charge is 1.95. The second-order valence-corrected chi connectivity index (χ2v) is 3.95. The van der Waals surface area contributed by atoms with Crippen molar-refractivity contribution in [1.82, 2.24) is 0 Å². The summed E-state index contributed by atoms with van der Waals surface area (Å²) in [6, 6.07) is 3.52. The monoisotopic (exact) mass is 224 g/mol. The number of rotatable bonds is 0. The van der Waals surface area contributed by atoms with Crippen LogP contribution in [0, 0.1) is 0 Å². The Balaban J connectivity index is 0.000000252. The standard InChI is InChI=1S/C5H5ClN2.CH4O3S/c6-4-2-1-3-8-5(4)7;1-5(2,3)4/h1-3H,(H2,7,8);1H3,(H,2,3,4). The van der Waals surface area contributed by atoms with Gasteiger partial charge in [0.1, 0.15) is 5.02 Å². The molecule has 5 nitrogen and oxygen atoms in total. The third kappa shape index (κ3) is 9.06. The average Bonchev–Trinajstić information content (AvgIpc) is 1.92. The zero-order valence-electron chi connectivity index (χ0n) is 6.82. The van der Waals surface area contributed by atoms with Gasteiger partial charge in [-0.2, -0.15) is 0 Å². The fourth-order valence-corrected chi connectivity index (χ4v) is 0.557. The van der Waals surface area contributed by atoms with Crippen LogP contribution in [0.5, 0.6) is 0 Å². The van der Waals surface area contributed by atoms with Crippen LogP contribution in [0.4, 0.5) is 5.82 Å². The predicted octanol–water partition coefficient (Wildman–Crippen LogP) is -0.102. The van der Waals surface area contributed by atoms with E-state index in [0.29, 0.717) is 17.1 Å². The minimum Gasteiger partial charge on any atom is -0.748 e. The van der Waals surface area contributed by atoms with E-state index in [1.165, 1.54) is 0 Å². The minimum atomic E-state index is -3.92. The van der Waals surface area contributed by atoms with Gasteiger partial charge >= 0.3 is 0 Å². The molecule has 0 atom stereocenters. The summed E-state index contributed by atoms with van der Waals surface area (Å²) in [5.41, 5.74) is 5.33. The summed E-state index contributed by atoms with van der Waals surface area (Å²) in [7, 11) is -3.92. The smallest absolute Gasteiger partial charge is 0.289 e. The molecule has 0 aliphatic heterocycles. The molecule has 0 saturated heterocycles. The summed E-state index contributed by atoms with van der Waals surface area (Å²) in [5.74, 6) is 0.508. The number of aromatic nitrogens is 1. The van der Waals surface area contributed by atoms with Crippen LogP contribution in [0.2, 0.25) is 5.02 Å². The molecule has 13 heavy (non-hydrogen) atoms. The number of aromatic amines is 1. The van der Waals surface area contributed by atoms with E-state index in [9.17, 15) is 0 Å². The van der Waals surface area contributed by atoms with E-state index in [1.54, 1.807) is 18.3 Å². The van der Waals surface area contributed by atoms with Crippen molar-refractivity contribution < 1.29 is 18.0 Å². The molecule has 0 saturated carbocycles. The zero-order valence-corrected chi connectivity index (χ0v) is 8.39. The van der Waals surface area contributed by atoms with Crippen LogP contribution in [0.15, 0.2) is 18.3 Å². The molecular weight excluding hydrogens is 216 g/mol. The van der Waals surface area contributed by atoms with Gasteiger partial charge in [0.15, 0.2) is 0 Å². The van der Waals surface area contributed by atoms with Gasteiger partial charge < -0.3 is 4.55 Å². The number of nitrogen functional groups attached to an aromatic ring is 1. The van der Waals surface area contributed by atoms with Gasteiger partial charge in [0.2, 0.25) is 0 Å². The number of hydrogen-bond donors (Lipinski definition) is 1. The lowest BCUT2D eigenvalue weighted by molar-refractivity contribution is -0.360. The van der Waals surface area contributed by atoms with E-state index >= 15 is 0 Å². The Kier molecular flexibility index (Phi) is 4.68. The summed E-state index contributed by atoms with van der Waals surface area (Å²) >= 11 is 5.55. The summed E-state index contributed by atoms with van der Waals surface area (Å²) in [6.07, 6.45) is 2.33. The highest BCUT2D eigenvalue weighted by Crippen LogP contribution is 2.09. The van der Waals surface area contributed by atoms with Crippen LogP contribution < -0.4 is 10.7 Å². The minimum absolute atomic E-state index is 0.508. The van der Waals surface area contributed by atoms with Crippen LogP contribution in [-0.2, 0) is 10.1 Å². The van der Waals surface area contributed by atoms with E-state index in [0.717, 1.165) is 0 Å². The van der Waals surface area contributed by atoms with Gasteiger partial charge in [-0.1, -0.05) is 11.6 Å². The number of anilines is 1. The summed E-state index contributed by atoms with van der Waals surface area (Å²) in [6.45, 7) is 0. The highest BCUT2D eigenvalue weighted by molar-refractivity contribution is 7.84. The van der Waals surface area contributed by atoms with Crippen LogP contribution in [-0.4, -0.2) is 19.2 Å². The first-order valence-electron chi connectivity index (χ1n) is 3.13. The first-order valence-corrected chi connectivity index (χ1v) is 5.32. The Bertz CT molecular complexity index is 337. The lowest BCUT2D eigenvalue weighted by Crippen LogP contribution is -2.08. The van der Waals surface area contributed by atoms with Crippen LogP contribution in [0.1, 0.15) is 0 Å². The van der Waals surface area contributed by atoms with Crippen molar-refractivity contribution in [2.45, 2.75) is 0 Å². The molecule has 0 aromatic carbocycles. The number of nitrogens with one attached hydrogen (secondary N) is 1. The fraction of sp³-hybridized carbons (Fsp3) is 0.167. The van der Waals surface area contributed by atoms with Crippen LogP contribution >= 0.6 is 11.6 Å². The van der Waals surface area contributed by atoms with E-state index in [4.69, 9.17) is 30.3 Å². The number of pyridine rings is 1.